The quantitative estimate of drug-likeness (QED) is 0.625. The van der Waals surface area contributed by atoms with E-state index >= 15 is 0 Å². The number of carbonyl (C=O) groups excluding carboxylic acids is 1. The number of carbonyl (C=O) groups is 1. The van der Waals surface area contributed by atoms with Gasteiger partial charge in [-0.25, -0.2) is 0 Å². The molecule has 1 amide bonds. The molecule has 2 aromatic rings. The maximum atomic E-state index is 12.6. The largest absolute Gasteiger partial charge is 0.352 e. The van der Waals surface area contributed by atoms with E-state index in [0.29, 0.717) is 17.7 Å². The highest BCUT2D eigenvalue weighted by molar-refractivity contribution is 7.99. The summed E-state index contributed by atoms with van der Waals surface area (Å²) < 4.78 is 2.20. The summed E-state index contributed by atoms with van der Waals surface area (Å²) in [7, 11) is 0. The Hall–Kier alpha value is -1.86. The van der Waals surface area contributed by atoms with Gasteiger partial charge in [-0.2, -0.15) is 0 Å². The molecule has 31 heavy (non-hydrogen) atoms. The summed E-state index contributed by atoms with van der Waals surface area (Å²) in [5, 5.41) is 13.1. The Morgan fingerprint density at radius 1 is 1.03 bits per heavy atom. The number of rotatable bonds is 8. The van der Waals surface area contributed by atoms with Crippen molar-refractivity contribution in [2.75, 3.05) is 18.8 Å². The Kier molecular flexibility index (Phi) is 8.03. The molecule has 1 aromatic heterocycles. The third-order valence-corrected chi connectivity index (χ3v) is 7.55. The second-order valence-electron chi connectivity index (χ2n) is 9.03. The third kappa shape index (κ3) is 6.32. The van der Waals surface area contributed by atoms with Crippen LogP contribution in [0.1, 0.15) is 63.3 Å². The summed E-state index contributed by atoms with van der Waals surface area (Å²) in [6, 6.07) is 10.8. The standard InChI is InChI=1S/C24H35N5OS/c1-19-10-6-7-13-21(19)25-23(30)18-31-24-27-26-22(17-28-14-8-3-9-15-28)29(24)16-20-11-4-2-5-12-20/h2,4-5,11-12,19,21H,3,6-10,13-18H2,1H3,(H,25,30). The number of aromatic nitrogens is 3. The minimum absolute atomic E-state index is 0.107. The molecule has 1 aliphatic carbocycles. The SMILES string of the molecule is CC1CCCCC1NC(=O)CSc1nnc(CN2CCCCC2)n1Cc1ccccc1. The monoisotopic (exact) mass is 441 g/mol. The molecule has 4 rings (SSSR count). The fraction of sp³-hybridized carbons (Fsp3) is 0.625. The lowest BCUT2D eigenvalue weighted by Crippen LogP contribution is -2.41. The number of nitrogens with zero attached hydrogens (tertiary/aromatic N) is 4. The van der Waals surface area contributed by atoms with Crippen LogP contribution in [0.15, 0.2) is 35.5 Å². The number of hydrogen-bond acceptors (Lipinski definition) is 5. The Morgan fingerprint density at radius 2 is 1.81 bits per heavy atom. The van der Waals surface area contributed by atoms with Crippen molar-refractivity contribution in [1.82, 2.24) is 25.0 Å². The topological polar surface area (TPSA) is 63.1 Å². The van der Waals surface area contributed by atoms with Crippen molar-refractivity contribution in [3.8, 4) is 0 Å². The van der Waals surface area contributed by atoms with Gasteiger partial charge in [-0.3, -0.25) is 9.69 Å². The fourth-order valence-electron chi connectivity index (χ4n) is 4.69. The Morgan fingerprint density at radius 3 is 2.58 bits per heavy atom. The van der Waals surface area contributed by atoms with E-state index < -0.39 is 0 Å². The minimum Gasteiger partial charge on any atom is -0.352 e. The van der Waals surface area contributed by atoms with Crippen LogP contribution >= 0.6 is 11.8 Å². The number of hydrogen-bond donors (Lipinski definition) is 1. The van der Waals surface area contributed by atoms with Crippen molar-refractivity contribution in [2.24, 2.45) is 5.92 Å². The van der Waals surface area contributed by atoms with Gasteiger partial charge in [0.1, 0.15) is 5.82 Å². The first-order valence-corrected chi connectivity index (χ1v) is 12.8. The van der Waals surface area contributed by atoms with Gasteiger partial charge in [-0.05, 0) is 50.3 Å². The first-order chi connectivity index (χ1) is 15.2. The van der Waals surface area contributed by atoms with Gasteiger partial charge in [0.25, 0.3) is 0 Å². The van der Waals surface area contributed by atoms with Crippen LogP contribution in [0.2, 0.25) is 0 Å². The van der Waals surface area contributed by atoms with Crippen molar-refractivity contribution in [1.29, 1.82) is 0 Å². The zero-order valence-corrected chi connectivity index (χ0v) is 19.4. The van der Waals surface area contributed by atoms with Gasteiger partial charge in [0.05, 0.1) is 18.8 Å². The van der Waals surface area contributed by atoms with Crippen LogP contribution in [0.5, 0.6) is 0 Å². The molecule has 0 radical (unpaired) electrons. The molecule has 6 nitrogen and oxygen atoms in total. The highest BCUT2D eigenvalue weighted by atomic mass is 32.2. The molecule has 1 aliphatic heterocycles. The molecule has 1 saturated carbocycles. The molecule has 1 N–H and O–H groups in total. The molecule has 2 aliphatic rings. The molecular formula is C24H35N5OS. The van der Waals surface area contributed by atoms with Crippen LogP contribution in [0.25, 0.3) is 0 Å². The molecule has 0 bridgehead atoms. The van der Waals surface area contributed by atoms with Gasteiger partial charge in [-0.1, -0.05) is 68.3 Å². The van der Waals surface area contributed by atoms with Crippen molar-refractivity contribution in [3.05, 3.63) is 41.7 Å². The summed E-state index contributed by atoms with van der Waals surface area (Å²) in [4.78, 5) is 15.1. The number of piperidine rings is 1. The smallest absolute Gasteiger partial charge is 0.230 e. The molecule has 2 unspecified atom stereocenters. The average molecular weight is 442 g/mol. The van der Waals surface area contributed by atoms with Crippen LogP contribution in [-0.2, 0) is 17.9 Å². The van der Waals surface area contributed by atoms with Gasteiger partial charge in [0, 0.05) is 6.04 Å². The van der Waals surface area contributed by atoms with Gasteiger partial charge in [0.2, 0.25) is 5.91 Å². The van der Waals surface area contributed by atoms with Crippen molar-refractivity contribution in [3.63, 3.8) is 0 Å². The highest BCUT2D eigenvalue weighted by Crippen LogP contribution is 2.25. The second kappa shape index (κ2) is 11.1. The van der Waals surface area contributed by atoms with E-state index in [1.807, 2.05) is 6.07 Å². The van der Waals surface area contributed by atoms with E-state index in [2.05, 4.69) is 56.2 Å². The zero-order valence-electron chi connectivity index (χ0n) is 18.6. The Labute approximate surface area is 190 Å². The summed E-state index contributed by atoms with van der Waals surface area (Å²) in [6.45, 7) is 6.07. The lowest BCUT2D eigenvalue weighted by molar-refractivity contribution is -0.119. The van der Waals surface area contributed by atoms with E-state index in [1.54, 1.807) is 0 Å². The Bertz CT molecular complexity index is 834. The number of thioether (sulfide) groups is 1. The van der Waals surface area contributed by atoms with Gasteiger partial charge < -0.3 is 9.88 Å². The molecule has 2 fully saturated rings. The van der Waals surface area contributed by atoms with Crippen LogP contribution < -0.4 is 5.32 Å². The molecular weight excluding hydrogens is 406 g/mol. The lowest BCUT2D eigenvalue weighted by atomic mass is 9.86. The van der Waals surface area contributed by atoms with E-state index in [-0.39, 0.29) is 5.91 Å². The predicted molar refractivity (Wildman–Crippen MR) is 125 cm³/mol. The van der Waals surface area contributed by atoms with Gasteiger partial charge >= 0.3 is 0 Å². The van der Waals surface area contributed by atoms with E-state index in [9.17, 15) is 4.79 Å². The number of likely N-dealkylation sites (tertiary alicyclic amines) is 1. The minimum atomic E-state index is 0.107. The molecule has 1 aromatic carbocycles. The molecule has 2 atom stereocenters. The van der Waals surface area contributed by atoms with E-state index in [0.717, 1.165) is 43.6 Å². The molecule has 7 heteroatoms. The van der Waals surface area contributed by atoms with Crippen molar-refractivity contribution >= 4 is 17.7 Å². The Balaban J connectivity index is 1.42. The number of amides is 1. The fourth-order valence-corrected chi connectivity index (χ4v) is 5.46. The number of benzene rings is 1. The van der Waals surface area contributed by atoms with Crippen LogP contribution in [0.4, 0.5) is 0 Å². The maximum absolute atomic E-state index is 12.6. The van der Waals surface area contributed by atoms with Gasteiger partial charge in [-0.15, -0.1) is 10.2 Å². The molecule has 2 heterocycles. The van der Waals surface area contributed by atoms with E-state index in [1.165, 1.54) is 55.9 Å². The summed E-state index contributed by atoms with van der Waals surface area (Å²) in [5.41, 5.74) is 1.23. The highest BCUT2D eigenvalue weighted by Gasteiger charge is 2.23. The average Bonchev–Trinajstić information content (AvgIpc) is 3.16. The maximum Gasteiger partial charge on any atom is 0.230 e. The first kappa shape index (κ1) is 22.3. The van der Waals surface area contributed by atoms with Crippen LogP contribution in [-0.4, -0.2) is 50.5 Å². The third-order valence-electron chi connectivity index (χ3n) is 6.58. The summed E-state index contributed by atoms with van der Waals surface area (Å²) in [6.07, 6.45) is 8.65. The summed E-state index contributed by atoms with van der Waals surface area (Å²) >= 11 is 1.51. The van der Waals surface area contributed by atoms with Crippen LogP contribution in [0.3, 0.4) is 0 Å². The zero-order chi connectivity index (χ0) is 21.5. The lowest BCUT2D eigenvalue weighted by Gasteiger charge is -2.29. The molecule has 1 saturated heterocycles. The van der Waals surface area contributed by atoms with Gasteiger partial charge in [0.15, 0.2) is 5.16 Å². The van der Waals surface area contributed by atoms with Crippen molar-refractivity contribution < 1.29 is 4.79 Å². The molecule has 168 valence electrons. The molecule has 0 spiro atoms. The van der Waals surface area contributed by atoms with E-state index in [4.69, 9.17) is 0 Å². The first-order valence-electron chi connectivity index (χ1n) is 11.8. The van der Waals surface area contributed by atoms with Crippen molar-refractivity contribution in [2.45, 2.75) is 76.2 Å². The summed E-state index contributed by atoms with van der Waals surface area (Å²) in [5.74, 6) is 2.06. The second-order valence-corrected chi connectivity index (χ2v) is 9.97. The predicted octanol–water partition coefficient (Wildman–Crippen LogP) is 4.10. The normalized spacial score (nSPS) is 22.4. The number of nitrogens with one attached hydrogen (secondary N) is 1. The van der Waals surface area contributed by atoms with Crippen LogP contribution in [0, 0.1) is 5.92 Å².